The number of nitrogens with zero attached hydrogens (tertiary/aromatic N) is 1. The number of esters is 1. The number of nitrogens with one attached hydrogen (secondary N) is 2. The molecule has 3 aliphatic carbocycles. The third-order valence-electron chi connectivity index (χ3n) is 15.4. The number of rotatable bonds is 11. The number of allylic oxidation sites excluding steroid dienone is 1. The number of benzene rings is 3. The lowest BCUT2D eigenvalue weighted by atomic mass is 9.52. The Bertz CT molecular complexity index is 2210. The second-order valence-electron chi connectivity index (χ2n) is 19.8. The van der Waals surface area contributed by atoms with Crippen LogP contribution in [0.5, 0.6) is 0 Å². The number of carbonyl (C=O) groups excluding carboxylic acids is 3. The SMILES string of the molecule is CC(O)C(NC(=O)C12CC3OC(=O)C1N(Cc1ccc(C=C4CCC5OC5(C)CCC5C4CC5(C)C)cc1)OC2C1OC(c2ccccc2)(c2ccccc2)OC31)C(=O)NCCO. The lowest BCUT2D eigenvalue weighted by Crippen LogP contribution is -2.71. The summed E-state index contributed by atoms with van der Waals surface area (Å²) in [5.74, 6) is -2.23. The van der Waals surface area contributed by atoms with Crippen LogP contribution in [0, 0.1) is 22.7 Å². The normalized spacial score (nSPS) is 36.2. The summed E-state index contributed by atoms with van der Waals surface area (Å²) < 4.78 is 26.5. The van der Waals surface area contributed by atoms with Crippen LogP contribution in [0.25, 0.3) is 6.08 Å². The van der Waals surface area contributed by atoms with Gasteiger partial charge in [0.25, 0.3) is 0 Å². The molecule has 3 aromatic carbocycles. The summed E-state index contributed by atoms with van der Waals surface area (Å²) in [7, 11) is 0. The van der Waals surface area contributed by atoms with Crippen molar-refractivity contribution < 1.29 is 48.4 Å². The highest BCUT2D eigenvalue weighted by Crippen LogP contribution is 2.61. The van der Waals surface area contributed by atoms with Crippen LogP contribution < -0.4 is 10.6 Å². The first-order valence-corrected chi connectivity index (χ1v) is 22.7. The van der Waals surface area contributed by atoms with Crippen LogP contribution in [0.2, 0.25) is 0 Å². The lowest BCUT2D eigenvalue weighted by Gasteiger charge is -2.53. The number of aliphatic hydroxyl groups is 2. The largest absolute Gasteiger partial charge is 0.458 e. The first-order valence-electron chi connectivity index (χ1n) is 22.7. The maximum Gasteiger partial charge on any atom is 0.327 e. The number of fused-ring (bicyclic) bond motifs is 6. The number of amides is 2. The Kier molecular flexibility index (Phi) is 10.7. The number of hydroxylamine groups is 2. The summed E-state index contributed by atoms with van der Waals surface area (Å²) in [6, 6.07) is 24.7. The fraction of sp³-hybridized carbons (Fsp3) is 0.540. The Hall–Kier alpha value is -4.47. The molecule has 0 aromatic heterocycles. The number of hydrogen-bond donors (Lipinski definition) is 4. The van der Waals surface area contributed by atoms with E-state index in [4.69, 9.17) is 23.8 Å². The topological polar surface area (TPSA) is 168 Å². The third kappa shape index (κ3) is 7.15. The molecule has 10 rings (SSSR count). The third-order valence-corrected chi connectivity index (χ3v) is 15.4. The van der Waals surface area contributed by atoms with Gasteiger partial charge in [-0.15, -0.1) is 0 Å². The van der Waals surface area contributed by atoms with Crippen molar-refractivity contribution in [1.82, 2.24) is 15.7 Å². The van der Waals surface area contributed by atoms with E-state index in [-0.39, 0.29) is 31.7 Å². The molecule has 12 unspecified atom stereocenters. The van der Waals surface area contributed by atoms with Gasteiger partial charge in [0.1, 0.15) is 35.9 Å². The van der Waals surface area contributed by atoms with Crippen LogP contribution in [-0.4, -0.2) is 101 Å². The standard InChI is InChI=1S/C50H59N3O10/c1-29(55)39(44(56)51-23-24-54)52-46(58)49-27-37-40-41(62-50(61-40,33-11-7-5-8-12-33)34-13-9-6-10-14-34)43(49)63-53(42(49)45(57)59-37)28-31-17-15-30(16-18-31)25-32-19-20-38-48(4,60-38)22-21-36-35(32)26-47(36,2)3/h5-18,25,29,35-43,54-55H,19-24,26-28H2,1-4H3,(H,51,56)(H,52,58). The van der Waals surface area contributed by atoms with Crippen molar-refractivity contribution >= 4 is 23.9 Å². The van der Waals surface area contributed by atoms with Gasteiger partial charge < -0.3 is 39.8 Å². The average molecular weight is 862 g/mol. The van der Waals surface area contributed by atoms with E-state index in [0.29, 0.717) is 34.5 Å². The van der Waals surface area contributed by atoms with Gasteiger partial charge in [-0.25, -0.2) is 0 Å². The highest BCUT2D eigenvalue weighted by atomic mass is 16.8. The van der Waals surface area contributed by atoms with Gasteiger partial charge in [-0.05, 0) is 74.3 Å². The molecule has 3 aromatic rings. The molecule has 13 heteroatoms. The van der Waals surface area contributed by atoms with Crippen LogP contribution in [0.3, 0.4) is 0 Å². The van der Waals surface area contributed by atoms with Crippen molar-refractivity contribution in [2.24, 2.45) is 22.7 Å². The minimum Gasteiger partial charge on any atom is -0.458 e. The minimum atomic E-state index is -1.62. The Morgan fingerprint density at radius 1 is 0.905 bits per heavy atom. The fourth-order valence-corrected chi connectivity index (χ4v) is 12.0. The summed E-state index contributed by atoms with van der Waals surface area (Å²) in [5.41, 5.74) is 3.59. The molecule has 0 radical (unpaired) electrons. The quantitative estimate of drug-likeness (QED) is 0.153. The lowest BCUT2D eigenvalue weighted by molar-refractivity contribution is -0.213. The Balaban J connectivity index is 0.977. The van der Waals surface area contributed by atoms with Gasteiger partial charge in [0.05, 0.1) is 31.0 Å². The Labute approximate surface area is 368 Å². The fourth-order valence-electron chi connectivity index (χ4n) is 12.0. The van der Waals surface area contributed by atoms with Crippen molar-refractivity contribution in [2.45, 2.75) is 133 Å². The van der Waals surface area contributed by atoms with E-state index in [0.717, 1.165) is 30.4 Å². The highest BCUT2D eigenvalue weighted by Gasteiger charge is 2.77. The molecule has 4 N–H and O–H groups in total. The number of aliphatic hydroxyl groups excluding tert-OH is 2. The predicted molar refractivity (Wildman–Crippen MR) is 230 cm³/mol. The maximum atomic E-state index is 15.1. The molecule has 63 heavy (non-hydrogen) atoms. The summed E-state index contributed by atoms with van der Waals surface area (Å²) in [6.07, 6.45) is 3.21. The summed E-state index contributed by atoms with van der Waals surface area (Å²) in [5, 5.41) is 27.0. The smallest absolute Gasteiger partial charge is 0.327 e. The molecule has 0 spiro atoms. The van der Waals surface area contributed by atoms with Crippen LogP contribution >= 0.6 is 0 Å². The molecule has 7 aliphatic rings. The zero-order valence-electron chi connectivity index (χ0n) is 36.4. The molecular weight excluding hydrogens is 803 g/mol. The first kappa shape index (κ1) is 42.5. The number of epoxide rings is 1. The molecule has 2 amide bonds. The van der Waals surface area contributed by atoms with E-state index in [1.807, 2.05) is 72.8 Å². The van der Waals surface area contributed by atoms with Crippen molar-refractivity contribution in [3.63, 3.8) is 0 Å². The molecule has 13 nitrogen and oxygen atoms in total. The van der Waals surface area contributed by atoms with Gasteiger partial charge in [0.15, 0.2) is 6.04 Å². The zero-order valence-corrected chi connectivity index (χ0v) is 36.4. The molecular formula is C50H59N3O10. The summed E-state index contributed by atoms with van der Waals surface area (Å²) in [6.45, 7) is 8.21. The minimum absolute atomic E-state index is 0.0158. The Morgan fingerprint density at radius 2 is 1.59 bits per heavy atom. The summed E-state index contributed by atoms with van der Waals surface area (Å²) >= 11 is 0. The van der Waals surface area contributed by atoms with E-state index in [1.54, 1.807) is 0 Å². The molecule has 2 bridgehead atoms. The molecule has 4 saturated heterocycles. The van der Waals surface area contributed by atoms with Gasteiger partial charge in [-0.1, -0.05) is 110 Å². The second kappa shape index (κ2) is 15.9. The van der Waals surface area contributed by atoms with E-state index in [1.165, 1.54) is 30.4 Å². The molecule has 7 fully saturated rings. The van der Waals surface area contributed by atoms with Crippen LogP contribution in [0.4, 0.5) is 0 Å². The molecule has 334 valence electrons. The van der Waals surface area contributed by atoms with E-state index in [9.17, 15) is 19.8 Å². The average Bonchev–Trinajstić information content (AvgIpc) is 3.55. The number of ether oxygens (including phenoxy) is 4. The van der Waals surface area contributed by atoms with Crippen LogP contribution in [0.15, 0.2) is 90.5 Å². The van der Waals surface area contributed by atoms with Gasteiger partial charge in [-0.3, -0.25) is 19.2 Å². The number of carbonyl (C=O) groups is 3. The molecule has 4 aliphatic heterocycles. The second-order valence-corrected chi connectivity index (χ2v) is 19.8. The predicted octanol–water partition coefficient (Wildman–Crippen LogP) is 4.92. The number of hydrogen-bond acceptors (Lipinski definition) is 11. The van der Waals surface area contributed by atoms with E-state index >= 15 is 4.79 Å². The van der Waals surface area contributed by atoms with E-state index in [2.05, 4.69) is 49.6 Å². The van der Waals surface area contributed by atoms with Gasteiger partial charge in [0.2, 0.25) is 17.6 Å². The zero-order chi connectivity index (χ0) is 43.9. The van der Waals surface area contributed by atoms with Crippen molar-refractivity contribution in [3.05, 3.63) is 113 Å². The maximum absolute atomic E-state index is 15.1. The van der Waals surface area contributed by atoms with Gasteiger partial charge >= 0.3 is 5.97 Å². The van der Waals surface area contributed by atoms with Crippen molar-refractivity contribution in [3.8, 4) is 0 Å². The van der Waals surface area contributed by atoms with Gasteiger partial charge in [-0.2, -0.15) is 5.06 Å². The first-order chi connectivity index (χ1) is 30.3. The van der Waals surface area contributed by atoms with E-state index < -0.39 is 71.6 Å². The van der Waals surface area contributed by atoms with Crippen LogP contribution in [-0.2, 0) is 50.5 Å². The van der Waals surface area contributed by atoms with Crippen molar-refractivity contribution in [1.29, 1.82) is 0 Å². The van der Waals surface area contributed by atoms with Crippen LogP contribution in [0.1, 0.15) is 88.5 Å². The highest BCUT2D eigenvalue weighted by molar-refractivity contribution is 5.96. The molecule has 12 atom stereocenters. The summed E-state index contributed by atoms with van der Waals surface area (Å²) in [4.78, 5) is 49.7. The Morgan fingerprint density at radius 3 is 2.24 bits per heavy atom. The molecule has 4 heterocycles. The van der Waals surface area contributed by atoms with Gasteiger partial charge in [0, 0.05) is 24.1 Å². The molecule has 3 saturated carbocycles. The van der Waals surface area contributed by atoms with Crippen molar-refractivity contribution in [2.75, 3.05) is 13.2 Å². The monoisotopic (exact) mass is 861 g/mol.